The lowest BCUT2D eigenvalue weighted by atomic mass is 10.1. The molecular weight excluding hydrogens is 428 g/mol. The second-order valence-corrected chi connectivity index (χ2v) is 9.38. The van der Waals surface area contributed by atoms with E-state index in [0.29, 0.717) is 53.7 Å². The first-order valence-electron chi connectivity index (χ1n) is 9.65. The first-order chi connectivity index (χ1) is 14.4. The molecule has 2 aromatic rings. The predicted molar refractivity (Wildman–Crippen MR) is 117 cm³/mol. The van der Waals surface area contributed by atoms with E-state index in [0.717, 1.165) is 12.0 Å². The van der Waals surface area contributed by atoms with Crippen molar-refractivity contribution >= 4 is 33.2 Å². The zero-order chi connectivity index (χ0) is 21.7. The van der Waals surface area contributed by atoms with Crippen LogP contribution in [0.15, 0.2) is 36.4 Å². The summed E-state index contributed by atoms with van der Waals surface area (Å²) in [5, 5.41) is 3.17. The maximum absolute atomic E-state index is 12.6. The van der Waals surface area contributed by atoms with E-state index in [4.69, 9.17) is 21.1 Å². The van der Waals surface area contributed by atoms with Crippen LogP contribution >= 0.6 is 11.6 Å². The average Bonchev–Trinajstić information content (AvgIpc) is 2.74. The van der Waals surface area contributed by atoms with Crippen LogP contribution in [0.4, 0.5) is 5.69 Å². The van der Waals surface area contributed by atoms with Crippen LogP contribution in [0.3, 0.4) is 0 Å². The lowest BCUT2D eigenvalue weighted by molar-refractivity contribution is 0.0954. The van der Waals surface area contributed by atoms with Gasteiger partial charge in [-0.15, -0.1) is 0 Å². The Morgan fingerprint density at radius 1 is 1.10 bits per heavy atom. The fourth-order valence-corrected chi connectivity index (χ4v) is 5.28. The van der Waals surface area contributed by atoms with E-state index in [1.807, 2.05) is 18.2 Å². The van der Waals surface area contributed by atoms with Gasteiger partial charge in [0.1, 0.15) is 0 Å². The Balaban J connectivity index is 1.68. The molecule has 0 unspecified atom stereocenters. The van der Waals surface area contributed by atoms with E-state index in [2.05, 4.69) is 5.32 Å². The molecule has 3 rings (SSSR count). The number of rotatable bonds is 7. The molecule has 2 aromatic carbocycles. The second-order valence-electron chi connectivity index (χ2n) is 6.96. The van der Waals surface area contributed by atoms with Crippen molar-refractivity contribution in [2.24, 2.45) is 0 Å². The molecule has 0 radical (unpaired) electrons. The van der Waals surface area contributed by atoms with Crippen molar-refractivity contribution < 1.29 is 22.7 Å². The summed E-state index contributed by atoms with van der Waals surface area (Å²) in [6.45, 7) is 0.778. The van der Waals surface area contributed by atoms with Gasteiger partial charge in [0.05, 0.1) is 30.7 Å². The largest absolute Gasteiger partial charge is 0.493 e. The number of carbonyl (C=O) groups excluding carboxylic acids is 1. The van der Waals surface area contributed by atoms with Crippen molar-refractivity contribution in [3.8, 4) is 11.5 Å². The molecule has 0 spiro atoms. The zero-order valence-electron chi connectivity index (χ0n) is 17.0. The summed E-state index contributed by atoms with van der Waals surface area (Å²) in [6, 6.07) is 10.3. The number of sulfonamides is 1. The molecule has 30 heavy (non-hydrogen) atoms. The van der Waals surface area contributed by atoms with Gasteiger partial charge in [0.2, 0.25) is 10.0 Å². The molecule has 162 valence electrons. The maximum Gasteiger partial charge on any atom is 0.251 e. The molecule has 1 amide bonds. The van der Waals surface area contributed by atoms with E-state index in [1.54, 1.807) is 26.4 Å². The van der Waals surface area contributed by atoms with Gasteiger partial charge in [-0.1, -0.05) is 17.7 Å². The van der Waals surface area contributed by atoms with Crippen LogP contribution < -0.4 is 19.1 Å². The lowest BCUT2D eigenvalue weighted by Crippen LogP contribution is -2.38. The van der Waals surface area contributed by atoms with Crippen LogP contribution in [0, 0.1) is 0 Å². The molecule has 1 heterocycles. The minimum absolute atomic E-state index is 0.0884. The fourth-order valence-electron chi connectivity index (χ4n) is 3.36. The SMILES string of the molecule is COc1ccc(CCNC(=O)c2ccc(Cl)c(N3CCCCS3(=O)=O)c2)cc1OC. The Kier molecular flexibility index (Phi) is 7.10. The summed E-state index contributed by atoms with van der Waals surface area (Å²) in [6.07, 6.45) is 2.00. The van der Waals surface area contributed by atoms with Crippen LogP contribution in [0.25, 0.3) is 0 Å². The molecule has 1 N–H and O–H groups in total. The highest BCUT2D eigenvalue weighted by Crippen LogP contribution is 2.32. The van der Waals surface area contributed by atoms with Gasteiger partial charge in [-0.05, 0) is 55.2 Å². The van der Waals surface area contributed by atoms with Gasteiger partial charge in [-0.3, -0.25) is 9.10 Å². The number of benzene rings is 2. The summed E-state index contributed by atoms with van der Waals surface area (Å²) in [5.41, 5.74) is 1.70. The van der Waals surface area contributed by atoms with Crippen molar-refractivity contribution in [3.63, 3.8) is 0 Å². The van der Waals surface area contributed by atoms with Gasteiger partial charge in [0.25, 0.3) is 5.91 Å². The second kappa shape index (κ2) is 9.57. The van der Waals surface area contributed by atoms with Crippen molar-refractivity contribution in [3.05, 3.63) is 52.5 Å². The van der Waals surface area contributed by atoms with Crippen LogP contribution in [-0.2, 0) is 16.4 Å². The Hall–Kier alpha value is -2.45. The smallest absolute Gasteiger partial charge is 0.251 e. The third-order valence-corrected chi connectivity index (χ3v) is 7.15. The highest BCUT2D eigenvalue weighted by molar-refractivity contribution is 7.92. The van der Waals surface area contributed by atoms with Crippen LogP contribution in [0.2, 0.25) is 5.02 Å². The van der Waals surface area contributed by atoms with E-state index in [9.17, 15) is 13.2 Å². The molecule has 7 nitrogen and oxygen atoms in total. The number of hydrogen-bond donors (Lipinski definition) is 1. The topological polar surface area (TPSA) is 84.9 Å². The van der Waals surface area contributed by atoms with Crippen molar-refractivity contribution in [1.29, 1.82) is 0 Å². The number of hydrogen-bond acceptors (Lipinski definition) is 5. The molecular formula is C21H25ClN2O5S. The lowest BCUT2D eigenvalue weighted by Gasteiger charge is -2.29. The Morgan fingerprint density at radius 3 is 2.57 bits per heavy atom. The van der Waals surface area contributed by atoms with Gasteiger partial charge in [-0.25, -0.2) is 8.42 Å². The van der Waals surface area contributed by atoms with E-state index in [1.165, 1.54) is 10.4 Å². The van der Waals surface area contributed by atoms with Gasteiger partial charge in [0, 0.05) is 18.7 Å². The van der Waals surface area contributed by atoms with E-state index < -0.39 is 10.0 Å². The molecule has 1 saturated heterocycles. The molecule has 0 saturated carbocycles. The normalized spacial score (nSPS) is 15.5. The van der Waals surface area contributed by atoms with Crippen molar-refractivity contribution in [2.75, 3.05) is 37.4 Å². The predicted octanol–water partition coefficient (Wildman–Crippen LogP) is 3.26. The summed E-state index contributed by atoms with van der Waals surface area (Å²) < 4.78 is 36.6. The molecule has 0 aliphatic carbocycles. The highest BCUT2D eigenvalue weighted by atomic mass is 35.5. The molecule has 0 aromatic heterocycles. The number of nitrogens with zero attached hydrogens (tertiary/aromatic N) is 1. The first-order valence-corrected chi connectivity index (χ1v) is 11.6. The van der Waals surface area contributed by atoms with Gasteiger partial charge in [0.15, 0.2) is 11.5 Å². The monoisotopic (exact) mass is 452 g/mol. The standard InChI is InChI=1S/C21H25ClN2O5S/c1-28-19-8-5-15(13-20(19)29-2)9-10-23-21(25)16-6-7-17(22)18(14-16)24-11-3-4-12-30(24,26)27/h5-8,13-14H,3-4,9-12H2,1-2H3,(H,23,25). The third-order valence-electron chi connectivity index (χ3n) is 4.97. The Morgan fingerprint density at radius 2 is 1.87 bits per heavy atom. The quantitative estimate of drug-likeness (QED) is 0.697. The molecule has 0 atom stereocenters. The van der Waals surface area contributed by atoms with Crippen molar-refractivity contribution in [1.82, 2.24) is 5.32 Å². The number of halogens is 1. The molecule has 1 fully saturated rings. The van der Waals surface area contributed by atoms with Gasteiger partial charge in [-0.2, -0.15) is 0 Å². The third kappa shape index (κ3) is 4.99. The summed E-state index contributed by atoms with van der Waals surface area (Å²) >= 11 is 6.24. The van der Waals surface area contributed by atoms with Crippen molar-refractivity contribution in [2.45, 2.75) is 19.3 Å². The molecule has 1 aliphatic heterocycles. The number of anilines is 1. The highest BCUT2D eigenvalue weighted by Gasteiger charge is 2.28. The number of nitrogens with one attached hydrogen (secondary N) is 1. The molecule has 1 aliphatic rings. The van der Waals surface area contributed by atoms with Gasteiger partial charge < -0.3 is 14.8 Å². The van der Waals surface area contributed by atoms with E-state index >= 15 is 0 Å². The van der Waals surface area contributed by atoms with E-state index in [-0.39, 0.29) is 11.7 Å². The minimum atomic E-state index is -3.41. The van der Waals surface area contributed by atoms with Gasteiger partial charge >= 0.3 is 0 Å². The number of methoxy groups -OCH3 is 2. The number of carbonyl (C=O) groups is 1. The first kappa shape index (κ1) is 22.2. The molecule has 0 bridgehead atoms. The fraction of sp³-hybridized carbons (Fsp3) is 0.381. The summed E-state index contributed by atoms with van der Waals surface area (Å²) in [7, 11) is -0.262. The zero-order valence-corrected chi connectivity index (χ0v) is 18.6. The van der Waals surface area contributed by atoms with Crippen LogP contribution in [-0.4, -0.2) is 47.4 Å². The average molecular weight is 453 g/mol. The van der Waals surface area contributed by atoms with Crippen LogP contribution in [0.1, 0.15) is 28.8 Å². The number of ether oxygens (including phenoxy) is 2. The molecule has 9 heteroatoms. The Labute approximate surface area is 182 Å². The summed E-state index contributed by atoms with van der Waals surface area (Å²) in [5.74, 6) is 1.08. The number of amides is 1. The Bertz CT molecular complexity index is 1030. The van der Waals surface area contributed by atoms with Crippen LogP contribution in [0.5, 0.6) is 11.5 Å². The summed E-state index contributed by atoms with van der Waals surface area (Å²) in [4.78, 5) is 12.6. The maximum atomic E-state index is 12.6. The minimum Gasteiger partial charge on any atom is -0.493 e.